The molecule has 1 aliphatic rings. The Morgan fingerprint density at radius 3 is 2.62 bits per heavy atom. The smallest absolute Gasteiger partial charge is 0.335 e. The van der Waals surface area contributed by atoms with E-state index in [2.05, 4.69) is 10.3 Å². The average Bonchev–Trinajstić information content (AvgIpc) is 2.89. The van der Waals surface area contributed by atoms with Crippen LogP contribution in [0.3, 0.4) is 0 Å². The van der Waals surface area contributed by atoms with Crippen molar-refractivity contribution in [3.63, 3.8) is 0 Å². The number of hydrogen-bond acceptors (Lipinski definition) is 5. The molecule has 3 N–H and O–H groups in total. The number of carbonyl (C=O) groups excluding carboxylic acids is 1. The maximum absolute atomic E-state index is 12.0. The Bertz CT molecular complexity index is 872. The van der Waals surface area contributed by atoms with Gasteiger partial charge in [0.25, 0.3) is 5.91 Å². The molecular formula is C17H12N2O4S. The van der Waals surface area contributed by atoms with Gasteiger partial charge in [0.2, 0.25) is 0 Å². The van der Waals surface area contributed by atoms with E-state index in [0.717, 1.165) is 5.56 Å². The Hall–Kier alpha value is -3.06. The van der Waals surface area contributed by atoms with Gasteiger partial charge in [0.15, 0.2) is 5.17 Å². The van der Waals surface area contributed by atoms with E-state index in [0.29, 0.717) is 15.8 Å². The molecule has 0 aliphatic carbocycles. The first-order chi connectivity index (χ1) is 11.5. The summed E-state index contributed by atoms with van der Waals surface area (Å²) in [5, 5.41) is 21.3. The highest BCUT2D eigenvalue weighted by Crippen LogP contribution is 2.28. The Morgan fingerprint density at radius 2 is 1.92 bits per heavy atom. The number of aliphatic imine (C=N–C) groups is 1. The fourth-order valence-corrected chi connectivity index (χ4v) is 2.87. The Morgan fingerprint density at radius 1 is 1.17 bits per heavy atom. The first-order valence-corrected chi connectivity index (χ1v) is 7.75. The third-order valence-corrected chi connectivity index (χ3v) is 4.08. The number of nitrogens with one attached hydrogen (secondary N) is 1. The number of phenolic OH excluding ortho intramolecular Hbond substituents is 1. The van der Waals surface area contributed by atoms with Crippen LogP contribution >= 0.6 is 11.8 Å². The molecule has 7 heteroatoms. The molecule has 1 fully saturated rings. The number of thioether (sulfide) groups is 1. The van der Waals surface area contributed by atoms with Crippen molar-refractivity contribution < 1.29 is 19.8 Å². The first-order valence-electron chi connectivity index (χ1n) is 6.93. The van der Waals surface area contributed by atoms with Crippen molar-refractivity contribution in [3.05, 3.63) is 64.6 Å². The number of amides is 1. The molecule has 120 valence electrons. The van der Waals surface area contributed by atoms with Crippen molar-refractivity contribution in [2.75, 3.05) is 0 Å². The van der Waals surface area contributed by atoms with Crippen LogP contribution in [0, 0.1) is 0 Å². The van der Waals surface area contributed by atoms with Gasteiger partial charge in [-0.15, -0.1) is 0 Å². The molecule has 3 rings (SSSR count). The van der Waals surface area contributed by atoms with Crippen LogP contribution in [-0.2, 0) is 4.79 Å². The van der Waals surface area contributed by atoms with Gasteiger partial charge in [0.05, 0.1) is 16.2 Å². The SMILES string of the molecule is O=C1NC(=Nc2cccc(C(=O)O)c2)S/C1=C\c1ccc(O)cc1. The number of carboxylic acid groups (broad SMARTS) is 1. The Kier molecular flexibility index (Phi) is 4.35. The average molecular weight is 340 g/mol. The van der Waals surface area contributed by atoms with Gasteiger partial charge >= 0.3 is 5.97 Å². The molecule has 0 atom stereocenters. The monoisotopic (exact) mass is 340 g/mol. The summed E-state index contributed by atoms with van der Waals surface area (Å²) in [5.41, 5.74) is 1.36. The summed E-state index contributed by atoms with van der Waals surface area (Å²) in [4.78, 5) is 27.7. The third kappa shape index (κ3) is 3.64. The number of benzene rings is 2. The van der Waals surface area contributed by atoms with E-state index in [1.54, 1.807) is 30.3 Å². The van der Waals surface area contributed by atoms with Crippen molar-refractivity contribution in [1.29, 1.82) is 0 Å². The van der Waals surface area contributed by atoms with E-state index in [9.17, 15) is 14.7 Å². The van der Waals surface area contributed by atoms with E-state index in [1.807, 2.05) is 0 Å². The van der Waals surface area contributed by atoms with E-state index in [4.69, 9.17) is 5.11 Å². The number of aromatic carboxylic acids is 1. The molecule has 0 bridgehead atoms. The van der Waals surface area contributed by atoms with Gasteiger partial charge in [-0.25, -0.2) is 9.79 Å². The predicted octanol–water partition coefficient (Wildman–Crippen LogP) is 2.98. The number of carboxylic acids is 1. The van der Waals surface area contributed by atoms with Gasteiger partial charge in [0, 0.05) is 0 Å². The number of amidine groups is 1. The van der Waals surface area contributed by atoms with Gasteiger partial charge in [-0.2, -0.15) is 0 Å². The van der Waals surface area contributed by atoms with Gasteiger partial charge in [-0.3, -0.25) is 4.79 Å². The first kappa shape index (κ1) is 15.8. The number of nitrogens with zero attached hydrogens (tertiary/aromatic N) is 1. The number of rotatable bonds is 3. The quantitative estimate of drug-likeness (QED) is 0.746. The summed E-state index contributed by atoms with van der Waals surface area (Å²) < 4.78 is 0. The van der Waals surface area contributed by atoms with Crippen molar-refractivity contribution in [1.82, 2.24) is 5.32 Å². The van der Waals surface area contributed by atoms with Gasteiger partial charge in [-0.05, 0) is 53.7 Å². The minimum absolute atomic E-state index is 0.131. The number of carbonyl (C=O) groups is 2. The lowest BCUT2D eigenvalue weighted by atomic mass is 10.2. The molecule has 1 aliphatic heterocycles. The molecule has 0 aromatic heterocycles. The Labute approximate surface area is 141 Å². The molecule has 24 heavy (non-hydrogen) atoms. The summed E-state index contributed by atoms with van der Waals surface area (Å²) in [7, 11) is 0. The van der Waals surface area contributed by atoms with E-state index in [-0.39, 0.29) is 17.2 Å². The highest BCUT2D eigenvalue weighted by Gasteiger charge is 2.23. The van der Waals surface area contributed by atoms with Gasteiger partial charge in [-0.1, -0.05) is 18.2 Å². The second-order valence-electron chi connectivity index (χ2n) is 4.93. The number of aromatic hydroxyl groups is 1. The minimum Gasteiger partial charge on any atom is -0.508 e. The summed E-state index contributed by atoms with van der Waals surface area (Å²) >= 11 is 1.17. The van der Waals surface area contributed by atoms with Gasteiger partial charge in [0.1, 0.15) is 5.75 Å². The molecule has 6 nitrogen and oxygen atoms in total. The standard InChI is InChI=1S/C17H12N2O4S/c20-13-6-4-10(5-7-13)8-14-15(21)19-17(24-14)18-12-3-1-2-11(9-12)16(22)23/h1-9,20H,(H,22,23)(H,18,19,21)/b14-8-. The lowest BCUT2D eigenvalue weighted by Crippen LogP contribution is -2.19. The number of phenols is 1. The molecule has 2 aromatic carbocycles. The molecule has 0 saturated carbocycles. The van der Waals surface area contributed by atoms with Crippen LogP contribution in [0.4, 0.5) is 5.69 Å². The molecule has 2 aromatic rings. The summed E-state index contributed by atoms with van der Waals surface area (Å²) in [6, 6.07) is 12.6. The van der Waals surface area contributed by atoms with E-state index >= 15 is 0 Å². The normalized spacial score (nSPS) is 17.2. The highest BCUT2D eigenvalue weighted by atomic mass is 32.2. The fourth-order valence-electron chi connectivity index (χ4n) is 2.03. The van der Waals surface area contributed by atoms with E-state index < -0.39 is 5.97 Å². The molecule has 1 amide bonds. The lowest BCUT2D eigenvalue weighted by Gasteiger charge is -1.98. The van der Waals surface area contributed by atoms with Crippen LogP contribution < -0.4 is 5.32 Å². The molecule has 1 heterocycles. The van der Waals surface area contributed by atoms with Crippen molar-refractivity contribution >= 4 is 40.6 Å². The molecule has 0 spiro atoms. The minimum atomic E-state index is -1.03. The van der Waals surface area contributed by atoms with Crippen LogP contribution in [0.25, 0.3) is 6.08 Å². The molecular weight excluding hydrogens is 328 g/mol. The van der Waals surface area contributed by atoms with Crippen molar-refractivity contribution in [2.24, 2.45) is 4.99 Å². The van der Waals surface area contributed by atoms with Crippen LogP contribution in [0.5, 0.6) is 5.75 Å². The topological polar surface area (TPSA) is 99.0 Å². The van der Waals surface area contributed by atoms with Crippen LogP contribution in [0.1, 0.15) is 15.9 Å². The lowest BCUT2D eigenvalue weighted by molar-refractivity contribution is -0.115. The summed E-state index contributed by atoms with van der Waals surface area (Å²) in [6.07, 6.45) is 1.69. The highest BCUT2D eigenvalue weighted by molar-refractivity contribution is 8.18. The molecule has 1 saturated heterocycles. The number of hydrogen-bond donors (Lipinski definition) is 3. The fraction of sp³-hybridized carbons (Fsp3) is 0. The van der Waals surface area contributed by atoms with Crippen LogP contribution in [0.15, 0.2) is 58.4 Å². The maximum Gasteiger partial charge on any atom is 0.335 e. The Balaban J connectivity index is 1.82. The second-order valence-corrected chi connectivity index (χ2v) is 5.96. The largest absolute Gasteiger partial charge is 0.508 e. The summed E-state index contributed by atoms with van der Waals surface area (Å²) in [5.74, 6) is -1.16. The zero-order valence-corrected chi connectivity index (χ0v) is 13.1. The summed E-state index contributed by atoms with van der Waals surface area (Å²) in [6.45, 7) is 0. The van der Waals surface area contributed by atoms with Crippen molar-refractivity contribution in [3.8, 4) is 5.75 Å². The van der Waals surface area contributed by atoms with Crippen molar-refractivity contribution in [2.45, 2.75) is 0 Å². The van der Waals surface area contributed by atoms with Gasteiger partial charge < -0.3 is 15.5 Å². The molecule has 0 radical (unpaired) electrons. The van der Waals surface area contributed by atoms with Crippen LogP contribution in [-0.4, -0.2) is 27.3 Å². The van der Waals surface area contributed by atoms with Crippen LogP contribution in [0.2, 0.25) is 0 Å². The molecule has 0 unspecified atom stereocenters. The second kappa shape index (κ2) is 6.59. The zero-order valence-electron chi connectivity index (χ0n) is 12.3. The van der Waals surface area contributed by atoms with E-state index in [1.165, 1.54) is 36.0 Å². The predicted molar refractivity (Wildman–Crippen MR) is 92.3 cm³/mol. The maximum atomic E-state index is 12.0. The third-order valence-electron chi connectivity index (χ3n) is 3.17. The zero-order chi connectivity index (χ0) is 17.1.